The van der Waals surface area contributed by atoms with Crippen molar-refractivity contribution in [1.82, 2.24) is 0 Å². The molecule has 4 heteroatoms. The van der Waals surface area contributed by atoms with E-state index in [-0.39, 0.29) is 40.2 Å². The minimum Gasteiger partial charge on any atom is -0.472 e. The average Bonchev–Trinajstić information content (AvgIpc) is 3.02. The third kappa shape index (κ3) is 1.92. The van der Waals surface area contributed by atoms with E-state index < -0.39 is 11.5 Å². The number of carbonyl (C=O) groups excluding carboxylic acids is 1. The van der Waals surface area contributed by atoms with Crippen LogP contribution in [0.4, 0.5) is 0 Å². The Morgan fingerprint density at radius 2 is 1.97 bits per heavy atom. The average molecular weight is 397 g/mol. The summed E-state index contributed by atoms with van der Waals surface area (Å²) in [6.07, 6.45) is 11.4. The molecule has 2 heterocycles. The molecule has 1 saturated heterocycles. The first-order valence-electron chi connectivity index (χ1n) is 11.3. The molecule has 29 heavy (non-hydrogen) atoms. The van der Waals surface area contributed by atoms with Gasteiger partial charge in [-0.25, -0.2) is 0 Å². The zero-order chi connectivity index (χ0) is 20.4. The van der Waals surface area contributed by atoms with E-state index >= 15 is 0 Å². The normalized spacial score (nSPS) is 54.3. The predicted molar refractivity (Wildman–Crippen MR) is 108 cm³/mol. The van der Waals surface area contributed by atoms with E-state index in [9.17, 15) is 9.90 Å². The number of carbonyl (C=O) groups is 1. The third-order valence-electron chi connectivity index (χ3n) is 10.3. The van der Waals surface area contributed by atoms with Crippen molar-refractivity contribution in [2.24, 2.45) is 34.0 Å². The van der Waals surface area contributed by atoms with Crippen LogP contribution in [0.5, 0.6) is 0 Å². The molecule has 1 aromatic rings. The van der Waals surface area contributed by atoms with Crippen LogP contribution in [0.1, 0.15) is 64.9 Å². The molecule has 5 aliphatic rings. The van der Waals surface area contributed by atoms with Crippen molar-refractivity contribution in [3.63, 3.8) is 0 Å². The van der Waals surface area contributed by atoms with Crippen LogP contribution in [0.15, 0.2) is 35.2 Å². The molecule has 1 aliphatic heterocycles. The zero-order valence-corrected chi connectivity index (χ0v) is 17.9. The van der Waals surface area contributed by atoms with Gasteiger partial charge in [-0.2, -0.15) is 0 Å². The molecular formula is C25H32O4. The lowest BCUT2D eigenvalue weighted by atomic mass is 9.41. The van der Waals surface area contributed by atoms with Gasteiger partial charge in [-0.1, -0.05) is 33.8 Å². The molecule has 0 radical (unpaired) electrons. The molecule has 3 saturated carbocycles. The Bertz CT molecular complexity index is 900. The second kappa shape index (κ2) is 5.26. The summed E-state index contributed by atoms with van der Waals surface area (Å²) in [5.74, 6) is 1.29. The van der Waals surface area contributed by atoms with E-state index in [2.05, 4.69) is 39.8 Å². The number of hydrogen-bond donors (Lipinski definition) is 1. The van der Waals surface area contributed by atoms with Gasteiger partial charge >= 0.3 is 0 Å². The lowest BCUT2D eigenvalue weighted by Gasteiger charge is -2.62. The van der Waals surface area contributed by atoms with Crippen LogP contribution in [0.25, 0.3) is 0 Å². The SMILES string of the molecule is CC1(C)C(=O)C=C[C@]2(C)[C@@H]3CC[C@@]4(C)[C@@H](c5ccoc5)C[C@@H]5O[C@@]54[C@@H]3[C@@H](O)C[C@H]12. The molecule has 1 spiro atoms. The molecular weight excluding hydrogens is 364 g/mol. The minimum absolute atomic E-state index is 0.0244. The van der Waals surface area contributed by atoms with Gasteiger partial charge in [0.1, 0.15) is 5.60 Å². The maximum Gasteiger partial charge on any atom is 0.161 e. The number of aliphatic hydroxyl groups is 1. The van der Waals surface area contributed by atoms with Crippen molar-refractivity contribution in [3.05, 3.63) is 36.3 Å². The second-order valence-electron chi connectivity index (χ2n) is 11.5. The van der Waals surface area contributed by atoms with Crippen molar-refractivity contribution in [3.8, 4) is 0 Å². The summed E-state index contributed by atoms with van der Waals surface area (Å²) >= 11 is 0. The van der Waals surface area contributed by atoms with Crippen LogP contribution in [0.2, 0.25) is 0 Å². The van der Waals surface area contributed by atoms with Crippen molar-refractivity contribution < 1.29 is 19.1 Å². The fourth-order valence-corrected chi connectivity index (χ4v) is 8.73. The molecule has 0 amide bonds. The van der Waals surface area contributed by atoms with Gasteiger partial charge in [0.05, 0.1) is 24.7 Å². The van der Waals surface area contributed by atoms with Gasteiger partial charge in [0.15, 0.2) is 5.78 Å². The van der Waals surface area contributed by atoms with Gasteiger partial charge in [-0.3, -0.25) is 4.79 Å². The molecule has 0 bridgehead atoms. The van der Waals surface area contributed by atoms with E-state index in [4.69, 9.17) is 9.15 Å². The summed E-state index contributed by atoms with van der Waals surface area (Å²) in [6, 6.07) is 2.10. The van der Waals surface area contributed by atoms with E-state index in [0.29, 0.717) is 18.3 Å². The molecule has 9 atom stereocenters. The van der Waals surface area contributed by atoms with Crippen LogP contribution in [-0.2, 0) is 9.53 Å². The number of ketones is 1. The monoisotopic (exact) mass is 396 g/mol. The van der Waals surface area contributed by atoms with Crippen LogP contribution in [0, 0.1) is 34.0 Å². The zero-order valence-electron chi connectivity index (χ0n) is 17.9. The number of allylic oxidation sites excluding steroid dienone is 2. The Morgan fingerprint density at radius 3 is 2.69 bits per heavy atom. The number of hydrogen-bond acceptors (Lipinski definition) is 4. The number of rotatable bonds is 1. The highest BCUT2D eigenvalue weighted by Crippen LogP contribution is 2.78. The minimum atomic E-state index is -0.424. The van der Waals surface area contributed by atoms with E-state index in [0.717, 1.165) is 19.3 Å². The largest absolute Gasteiger partial charge is 0.472 e. The maximum atomic E-state index is 12.7. The lowest BCUT2D eigenvalue weighted by Crippen LogP contribution is -2.64. The highest BCUT2D eigenvalue weighted by molar-refractivity contribution is 5.95. The summed E-state index contributed by atoms with van der Waals surface area (Å²) < 4.78 is 11.9. The third-order valence-corrected chi connectivity index (χ3v) is 10.3. The summed E-state index contributed by atoms with van der Waals surface area (Å²) in [5, 5.41) is 11.5. The number of ether oxygens (including phenoxy) is 1. The molecule has 0 unspecified atom stereocenters. The van der Waals surface area contributed by atoms with Gasteiger partial charge in [0, 0.05) is 16.7 Å². The van der Waals surface area contributed by atoms with Crippen molar-refractivity contribution in [2.75, 3.05) is 0 Å². The van der Waals surface area contributed by atoms with Crippen LogP contribution >= 0.6 is 0 Å². The molecule has 156 valence electrons. The highest BCUT2D eigenvalue weighted by atomic mass is 16.6. The molecule has 1 N–H and O–H groups in total. The van der Waals surface area contributed by atoms with Gasteiger partial charge < -0.3 is 14.3 Å². The molecule has 6 rings (SSSR count). The first-order chi connectivity index (χ1) is 13.7. The Kier molecular flexibility index (Phi) is 3.33. The summed E-state index contributed by atoms with van der Waals surface area (Å²) in [5.41, 5.74) is 0.579. The molecule has 1 aromatic heterocycles. The molecule has 4 fully saturated rings. The number of epoxide rings is 1. The quantitative estimate of drug-likeness (QED) is 0.711. The van der Waals surface area contributed by atoms with Gasteiger partial charge in [0.2, 0.25) is 0 Å². The van der Waals surface area contributed by atoms with Crippen LogP contribution in [0.3, 0.4) is 0 Å². The molecule has 4 aliphatic carbocycles. The second-order valence-corrected chi connectivity index (χ2v) is 11.5. The standard InChI is InChI=1S/C25H32O4/c1-22(2)18-12-17(26)21-15(23(18,3)8-6-19(22)27)5-9-24(4)16(14-7-10-28-13-14)11-20-25(21,24)29-20/h6-8,10,13,15-18,20-21,26H,5,9,11-12H2,1-4H3/t15-,16-,17+,18-,20+,21+,23-,24+,25-/m1/s1. The highest BCUT2D eigenvalue weighted by Gasteiger charge is 2.82. The van der Waals surface area contributed by atoms with Gasteiger partial charge in [-0.15, -0.1) is 0 Å². The molecule has 0 aromatic carbocycles. The van der Waals surface area contributed by atoms with Crippen molar-refractivity contribution >= 4 is 5.78 Å². The first kappa shape index (κ1) is 18.4. The molecule has 4 nitrogen and oxygen atoms in total. The Balaban J connectivity index is 1.44. The summed E-state index contributed by atoms with van der Waals surface area (Å²) in [6.45, 7) is 8.87. The smallest absolute Gasteiger partial charge is 0.161 e. The maximum absolute atomic E-state index is 12.7. The van der Waals surface area contributed by atoms with Crippen LogP contribution in [-0.4, -0.2) is 28.7 Å². The van der Waals surface area contributed by atoms with Crippen molar-refractivity contribution in [2.45, 2.75) is 77.1 Å². The fourth-order valence-electron chi connectivity index (χ4n) is 8.73. The Morgan fingerprint density at radius 1 is 1.17 bits per heavy atom. The fraction of sp³-hybridized carbons (Fsp3) is 0.720. The number of fused-ring (bicyclic) bond motifs is 3. The van der Waals surface area contributed by atoms with Gasteiger partial charge in [0.25, 0.3) is 0 Å². The summed E-state index contributed by atoms with van der Waals surface area (Å²) in [7, 11) is 0. The van der Waals surface area contributed by atoms with E-state index in [1.54, 1.807) is 6.26 Å². The summed E-state index contributed by atoms with van der Waals surface area (Å²) in [4.78, 5) is 12.7. The van der Waals surface area contributed by atoms with E-state index in [1.165, 1.54) is 5.56 Å². The topological polar surface area (TPSA) is 63.0 Å². The lowest BCUT2D eigenvalue weighted by molar-refractivity contribution is -0.174. The predicted octanol–water partition coefficient (Wildman–Crippen LogP) is 4.49. The van der Waals surface area contributed by atoms with E-state index in [1.807, 2.05) is 12.3 Å². The number of furan rings is 1. The number of aliphatic hydroxyl groups excluding tert-OH is 1. The van der Waals surface area contributed by atoms with Crippen molar-refractivity contribution in [1.29, 1.82) is 0 Å². The van der Waals surface area contributed by atoms with Crippen LogP contribution < -0.4 is 0 Å². The Labute approximate surface area is 172 Å². The first-order valence-corrected chi connectivity index (χ1v) is 11.3. The van der Waals surface area contributed by atoms with Gasteiger partial charge in [-0.05, 0) is 66.6 Å². The Hall–Kier alpha value is -1.39.